The summed E-state index contributed by atoms with van der Waals surface area (Å²) in [6, 6.07) is 7.12. The molecule has 2 amide bonds. The van der Waals surface area contributed by atoms with Crippen LogP contribution in [0.4, 0.5) is 4.79 Å². The standard InChI is InChI=1S/C16H20N2O4S/c19-14(15-4-1-6-22-15)9-12-11-21-7-5-18(12)16(20)17-10-13-3-2-8-23-13/h1-4,6,8,12,14,19H,5,7,9-11H2,(H,17,20)/t12-,14-/m0/s1. The van der Waals surface area contributed by atoms with Gasteiger partial charge in [-0.1, -0.05) is 6.07 Å². The third kappa shape index (κ3) is 4.13. The minimum absolute atomic E-state index is 0.127. The molecule has 7 heteroatoms. The zero-order chi connectivity index (χ0) is 16.1. The summed E-state index contributed by atoms with van der Waals surface area (Å²) in [5, 5.41) is 15.1. The van der Waals surface area contributed by atoms with Gasteiger partial charge in [0, 0.05) is 17.8 Å². The molecule has 23 heavy (non-hydrogen) atoms. The Hall–Kier alpha value is -1.83. The molecule has 2 atom stereocenters. The van der Waals surface area contributed by atoms with Gasteiger partial charge in [0.15, 0.2) is 0 Å². The maximum atomic E-state index is 12.4. The fourth-order valence-electron chi connectivity index (χ4n) is 2.65. The van der Waals surface area contributed by atoms with E-state index in [-0.39, 0.29) is 12.1 Å². The first-order chi connectivity index (χ1) is 11.2. The lowest BCUT2D eigenvalue weighted by molar-refractivity contribution is -0.00973. The van der Waals surface area contributed by atoms with E-state index in [1.807, 2.05) is 17.5 Å². The summed E-state index contributed by atoms with van der Waals surface area (Å²) in [6.07, 6.45) is 1.17. The van der Waals surface area contributed by atoms with Crippen molar-refractivity contribution in [2.45, 2.75) is 25.1 Å². The molecule has 0 aliphatic carbocycles. The van der Waals surface area contributed by atoms with Crippen molar-refractivity contribution in [1.29, 1.82) is 0 Å². The highest BCUT2D eigenvalue weighted by Gasteiger charge is 2.30. The van der Waals surface area contributed by atoms with Gasteiger partial charge in [0.05, 0.1) is 32.1 Å². The van der Waals surface area contributed by atoms with Crippen LogP contribution in [0.5, 0.6) is 0 Å². The Balaban J connectivity index is 1.58. The normalized spacial score (nSPS) is 19.5. The van der Waals surface area contributed by atoms with E-state index in [1.165, 1.54) is 6.26 Å². The lowest BCUT2D eigenvalue weighted by atomic mass is 10.1. The number of carbonyl (C=O) groups excluding carboxylic acids is 1. The predicted molar refractivity (Wildman–Crippen MR) is 86.2 cm³/mol. The Morgan fingerprint density at radius 2 is 2.39 bits per heavy atom. The zero-order valence-electron chi connectivity index (χ0n) is 12.7. The van der Waals surface area contributed by atoms with Gasteiger partial charge >= 0.3 is 6.03 Å². The number of morpholine rings is 1. The maximum Gasteiger partial charge on any atom is 0.318 e. The number of ether oxygens (including phenoxy) is 1. The fraction of sp³-hybridized carbons (Fsp3) is 0.438. The van der Waals surface area contributed by atoms with Gasteiger partial charge in [-0.15, -0.1) is 11.3 Å². The van der Waals surface area contributed by atoms with E-state index >= 15 is 0 Å². The largest absolute Gasteiger partial charge is 0.467 e. The Morgan fingerprint density at radius 1 is 1.48 bits per heavy atom. The molecule has 3 rings (SSSR count). The first kappa shape index (κ1) is 16.0. The minimum Gasteiger partial charge on any atom is -0.467 e. The van der Waals surface area contributed by atoms with Crippen LogP contribution in [0.15, 0.2) is 40.3 Å². The quantitative estimate of drug-likeness (QED) is 0.879. The molecule has 0 unspecified atom stereocenters. The summed E-state index contributed by atoms with van der Waals surface area (Å²) in [5.74, 6) is 0.509. The van der Waals surface area contributed by atoms with Crippen molar-refractivity contribution in [2.75, 3.05) is 19.8 Å². The Labute approximate surface area is 138 Å². The second-order valence-corrected chi connectivity index (χ2v) is 6.46. The molecule has 0 radical (unpaired) electrons. The average Bonchev–Trinajstić information content (AvgIpc) is 3.26. The number of nitrogens with zero attached hydrogens (tertiary/aromatic N) is 1. The number of hydrogen-bond donors (Lipinski definition) is 2. The maximum absolute atomic E-state index is 12.4. The van der Waals surface area contributed by atoms with E-state index < -0.39 is 6.10 Å². The number of rotatable bonds is 5. The first-order valence-electron chi connectivity index (χ1n) is 7.60. The van der Waals surface area contributed by atoms with Crippen LogP contribution in [-0.2, 0) is 11.3 Å². The SMILES string of the molecule is O=C(NCc1cccs1)N1CCOC[C@@H]1C[C@H](O)c1ccco1. The highest BCUT2D eigenvalue weighted by atomic mass is 32.1. The van der Waals surface area contributed by atoms with Gasteiger partial charge in [-0.05, 0) is 23.6 Å². The van der Waals surface area contributed by atoms with Crippen LogP contribution in [0.3, 0.4) is 0 Å². The second kappa shape index (κ2) is 7.63. The summed E-state index contributed by atoms with van der Waals surface area (Å²) in [5.41, 5.74) is 0. The Bertz CT molecular complexity index is 600. The molecule has 2 aromatic heterocycles. The van der Waals surface area contributed by atoms with Crippen LogP contribution in [0, 0.1) is 0 Å². The molecule has 1 fully saturated rings. The monoisotopic (exact) mass is 336 g/mol. The number of nitrogens with one attached hydrogen (secondary N) is 1. The molecule has 1 aliphatic rings. The summed E-state index contributed by atoms with van der Waals surface area (Å²) in [4.78, 5) is 15.3. The van der Waals surface area contributed by atoms with Crippen LogP contribution >= 0.6 is 11.3 Å². The second-order valence-electron chi connectivity index (χ2n) is 5.43. The topological polar surface area (TPSA) is 74.9 Å². The van der Waals surface area contributed by atoms with Crippen LogP contribution < -0.4 is 5.32 Å². The number of amides is 2. The van der Waals surface area contributed by atoms with Gasteiger partial charge in [0.1, 0.15) is 11.9 Å². The van der Waals surface area contributed by atoms with E-state index in [4.69, 9.17) is 9.15 Å². The van der Waals surface area contributed by atoms with Crippen molar-refractivity contribution in [3.8, 4) is 0 Å². The summed E-state index contributed by atoms with van der Waals surface area (Å²) >= 11 is 1.61. The van der Waals surface area contributed by atoms with Crippen molar-refractivity contribution < 1.29 is 19.1 Å². The number of aliphatic hydroxyl groups is 1. The fourth-order valence-corrected chi connectivity index (χ4v) is 3.29. The van der Waals surface area contributed by atoms with E-state index in [0.717, 1.165) is 4.88 Å². The van der Waals surface area contributed by atoms with Gasteiger partial charge in [-0.2, -0.15) is 0 Å². The van der Waals surface area contributed by atoms with Crippen molar-refractivity contribution in [1.82, 2.24) is 10.2 Å². The van der Waals surface area contributed by atoms with Gasteiger partial charge in [-0.25, -0.2) is 4.79 Å². The molecular weight excluding hydrogens is 316 g/mol. The highest BCUT2D eigenvalue weighted by molar-refractivity contribution is 7.09. The Kier molecular flexibility index (Phi) is 5.32. The third-order valence-electron chi connectivity index (χ3n) is 3.85. The number of aliphatic hydroxyl groups excluding tert-OH is 1. The third-order valence-corrected chi connectivity index (χ3v) is 4.73. The lowest BCUT2D eigenvalue weighted by Gasteiger charge is -2.36. The number of urea groups is 1. The zero-order valence-corrected chi connectivity index (χ0v) is 13.5. The van der Waals surface area contributed by atoms with Gasteiger partial charge in [0.2, 0.25) is 0 Å². The molecule has 3 heterocycles. The van der Waals surface area contributed by atoms with Crippen molar-refractivity contribution in [3.63, 3.8) is 0 Å². The molecule has 2 N–H and O–H groups in total. The summed E-state index contributed by atoms with van der Waals surface area (Å²) < 4.78 is 10.7. The molecule has 0 saturated carbocycles. The van der Waals surface area contributed by atoms with Crippen LogP contribution in [0.1, 0.15) is 23.2 Å². The van der Waals surface area contributed by atoms with Gasteiger partial charge in [-0.3, -0.25) is 0 Å². The molecule has 1 aliphatic heterocycles. The van der Waals surface area contributed by atoms with E-state index in [2.05, 4.69) is 5.32 Å². The van der Waals surface area contributed by atoms with Crippen molar-refractivity contribution in [3.05, 3.63) is 46.5 Å². The molecule has 124 valence electrons. The van der Waals surface area contributed by atoms with Crippen LogP contribution in [0.2, 0.25) is 0 Å². The molecule has 0 aromatic carbocycles. The van der Waals surface area contributed by atoms with E-state index in [1.54, 1.807) is 28.4 Å². The first-order valence-corrected chi connectivity index (χ1v) is 8.48. The van der Waals surface area contributed by atoms with Crippen molar-refractivity contribution in [2.24, 2.45) is 0 Å². The average molecular weight is 336 g/mol. The minimum atomic E-state index is -0.746. The Morgan fingerprint density at radius 3 is 3.13 bits per heavy atom. The smallest absolute Gasteiger partial charge is 0.318 e. The van der Waals surface area contributed by atoms with Gasteiger partial charge < -0.3 is 24.5 Å². The molecule has 2 aromatic rings. The van der Waals surface area contributed by atoms with Crippen molar-refractivity contribution >= 4 is 17.4 Å². The molecule has 1 saturated heterocycles. The number of furan rings is 1. The van der Waals surface area contributed by atoms with Crippen LogP contribution in [0.25, 0.3) is 0 Å². The predicted octanol–water partition coefficient (Wildman–Crippen LogP) is 2.38. The molecular formula is C16H20N2O4S. The number of carbonyl (C=O) groups is 1. The van der Waals surface area contributed by atoms with E-state index in [9.17, 15) is 9.90 Å². The highest BCUT2D eigenvalue weighted by Crippen LogP contribution is 2.23. The summed E-state index contributed by atoms with van der Waals surface area (Å²) in [7, 11) is 0. The van der Waals surface area contributed by atoms with Crippen LogP contribution in [-0.4, -0.2) is 41.8 Å². The number of thiophene rings is 1. The molecule has 6 nitrogen and oxygen atoms in total. The molecule has 0 spiro atoms. The van der Waals surface area contributed by atoms with Gasteiger partial charge in [0.25, 0.3) is 0 Å². The van der Waals surface area contributed by atoms with E-state index in [0.29, 0.717) is 38.5 Å². The lowest BCUT2D eigenvalue weighted by Crippen LogP contribution is -2.52. The molecule has 0 bridgehead atoms. The number of hydrogen-bond acceptors (Lipinski definition) is 5. The summed E-state index contributed by atoms with van der Waals surface area (Å²) in [6.45, 7) is 1.97.